The predicted molar refractivity (Wildman–Crippen MR) is 22.3 cm³/mol. The molecule has 0 atom stereocenters. The third-order valence-corrected chi connectivity index (χ3v) is 0. The largest absolute Gasteiger partial charge is 2.00 e. The molecule has 0 aliphatic rings. The molecule has 0 aromatic carbocycles. The molecular weight excluding hydrogens is 151 g/mol. The molecule has 0 radical (unpaired) electrons. The van der Waals surface area contributed by atoms with Crippen molar-refractivity contribution in [2.75, 3.05) is 0 Å². The number of hydrogen-bond donors (Lipinski definition) is 1. The van der Waals surface area contributed by atoms with E-state index in [1.807, 2.05) is 0 Å². The molecule has 0 aromatic heterocycles. The normalized spacial score (nSPS) is 9.83. The van der Waals surface area contributed by atoms with E-state index in [4.69, 9.17) is 14.7 Å². The van der Waals surface area contributed by atoms with Gasteiger partial charge in [-0.25, -0.2) is 0 Å². The minimum Gasteiger partial charge on any atom is -0.812 e. The Morgan fingerprint density at radius 3 is 1.50 bits per heavy atom. The molecule has 3 nitrogen and oxygen atoms in total. The van der Waals surface area contributed by atoms with E-state index in [1.54, 1.807) is 0 Å². The van der Waals surface area contributed by atoms with Crippen molar-refractivity contribution >= 4 is 56.3 Å². The van der Waals surface area contributed by atoms with Gasteiger partial charge < -0.3 is 14.7 Å². The van der Waals surface area contributed by atoms with E-state index in [0.29, 0.717) is 0 Å². The smallest absolute Gasteiger partial charge is 0.812 e. The van der Waals surface area contributed by atoms with Gasteiger partial charge in [0, 0.05) is 0 Å². The van der Waals surface area contributed by atoms with Crippen molar-refractivity contribution < 1.29 is 14.7 Å². The van der Waals surface area contributed by atoms with Crippen molar-refractivity contribution in [1.82, 2.24) is 0 Å². The fourth-order valence-electron chi connectivity index (χ4n) is 0. The maximum absolute atomic E-state index is 9.03. The average Bonchev–Trinajstić information content (AvgIpc) is 0.722. The molecule has 32 valence electrons. The van der Waals surface area contributed by atoms with Crippen molar-refractivity contribution in [3.8, 4) is 0 Å². The molecule has 0 unspecified atom stereocenters. The summed E-state index contributed by atoms with van der Waals surface area (Å²) in [4.78, 5) is 25.4. The maximum Gasteiger partial charge on any atom is 2.00 e. The molecule has 0 bridgehead atoms. The molecule has 0 fully saturated rings. The Morgan fingerprint density at radius 1 is 1.50 bits per heavy atom. The van der Waals surface area contributed by atoms with Gasteiger partial charge in [-0.1, -0.05) is 6.72 Å². The fourth-order valence-corrected chi connectivity index (χ4v) is 0. The van der Waals surface area contributed by atoms with Crippen molar-refractivity contribution in [2.24, 2.45) is 0 Å². The summed E-state index contributed by atoms with van der Waals surface area (Å²) in [6.45, 7) is -4.31. The molecule has 0 heterocycles. The van der Waals surface area contributed by atoms with Crippen molar-refractivity contribution in [2.45, 2.75) is 0 Å². The first-order valence-corrected chi connectivity index (χ1v) is 3.34. The predicted octanol–water partition coefficient (Wildman–Crippen LogP) is -2.46. The quantitative estimate of drug-likeness (QED) is 0.309. The minimum atomic E-state index is -4.31. The molecule has 0 aliphatic carbocycles. The van der Waals surface area contributed by atoms with E-state index in [2.05, 4.69) is 11.8 Å². The fraction of sp³-hybridized carbons (Fsp3) is 0. The summed E-state index contributed by atoms with van der Waals surface area (Å²) < 4.78 is 0. The van der Waals surface area contributed by atoms with Crippen LogP contribution in [0.3, 0.4) is 0 Å². The molecule has 0 saturated heterocycles. The van der Waals surface area contributed by atoms with Gasteiger partial charge >= 0.3 is 37.7 Å². The molecule has 0 spiro atoms. The molecular formula is HCaO3PS. The van der Waals surface area contributed by atoms with E-state index in [-0.39, 0.29) is 37.7 Å². The number of rotatable bonds is 0. The van der Waals surface area contributed by atoms with Gasteiger partial charge in [-0.2, -0.15) is 0 Å². The standard InChI is InChI=1S/Ca.H3O3PS/c;1-4(2,3)5/h;(H3,1,2,3,5)/q+2;/p-2. The van der Waals surface area contributed by atoms with Crippen LogP contribution >= 0.6 is 6.72 Å². The van der Waals surface area contributed by atoms with Gasteiger partial charge in [0.2, 0.25) is 0 Å². The first-order valence-electron chi connectivity index (χ1n) is 0.748. The van der Waals surface area contributed by atoms with Crippen molar-refractivity contribution in [1.29, 1.82) is 0 Å². The topological polar surface area (TPSA) is 66.3 Å². The molecule has 0 aliphatic heterocycles. The van der Waals surface area contributed by atoms with E-state index in [1.165, 1.54) is 0 Å². The summed E-state index contributed by atoms with van der Waals surface area (Å²) >= 11 is 3.38. The Labute approximate surface area is 70.3 Å². The summed E-state index contributed by atoms with van der Waals surface area (Å²) in [5.41, 5.74) is 0. The second-order valence-electron chi connectivity index (χ2n) is 0.469. The third-order valence-electron chi connectivity index (χ3n) is 0. The summed E-state index contributed by atoms with van der Waals surface area (Å²) in [5.74, 6) is 0. The Morgan fingerprint density at radius 2 is 1.50 bits per heavy atom. The van der Waals surface area contributed by atoms with Crippen LogP contribution in [0.5, 0.6) is 0 Å². The van der Waals surface area contributed by atoms with Crippen LogP contribution in [0.15, 0.2) is 0 Å². The van der Waals surface area contributed by atoms with Gasteiger partial charge in [-0.15, -0.1) is 11.8 Å². The second-order valence-corrected chi connectivity index (χ2v) is 2.79. The zero-order valence-electron chi connectivity index (χ0n) is 2.83. The van der Waals surface area contributed by atoms with Crippen LogP contribution in [0.1, 0.15) is 0 Å². The van der Waals surface area contributed by atoms with Crippen molar-refractivity contribution in [3.63, 3.8) is 0 Å². The van der Waals surface area contributed by atoms with Crippen LogP contribution in [-0.4, -0.2) is 42.6 Å². The van der Waals surface area contributed by atoms with Gasteiger partial charge in [0.1, 0.15) is 0 Å². The summed E-state index contributed by atoms with van der Waals surface area (Å²) in [5, 5.41) is 0. The molecule has 0 saturated carbocycles. The van der Waals surface area contributed by atoms with Crippen LogP contribution in [0.4, 0.5) is 0 Å². The van der Waals surface area contributed by atoms with Crippen LogP contribution in [-0.2, 0) is 11.8 Å². The zero-order chi connectivity index (χ0) is 4.50. The molecule has 6 heavy (non-hydrogen) atoms. The molecule has 6 heteroatoms. The summed E-state index contributed by atoms with van der Waals surface area (Å²) in [6.07, 6.45) is 0. The van der Waals surface area contributed by atoms with Crippen molar-refractivity contribution in [3.05, 3.63) is 0 Å². The Bertz CT molecular complexity index is 56.9. The van der Waals surface area contributed by atoms with E-state index in [0.717, 1.165) is 0 Å². The van der Waals surface area contributed by atoms with Gasteiger partial charge in [0.05, 0.1) is 0 Å². The van der Waals surface area contributed by atoms with E-state index in [9.17, 15) is 0 Å². The Hall–Kier alpha value is 1.79. The zero-order valence-corrected chi connectivity index (χ0v) is 6.75. The first-order chi connectivity index (χ1) is 2.00. The third kappa shape index (κ3) is 41.5. The SMILES string of the molecule is [Ca+2].[O-]P([O-])(O)=S. The second kappa shape index (κ2) is 3.75. The summed E-state index contributed by atoms with van der Waals surface area (Å²) in [7, 11) is 0. The van der Waals surface area contributed by atoms with Crippen LogP contribution in [0, 0.1) is 0 Å². The molecule has 0 rings (SSSR count). The summed E-state index contributed by atoms with van der Waals surface area (Å²) in [6, 6.07) is 0. The van der Waals surface area contributed by atoms with Crippen LogP contribution < -0.4 is 9.79 Å². The minimum absolute atomic E-state index is 0. The van der Waals surface area contributed by atoms with Gasteiger partial charge in [0.25, 0.3) is 0 Å². The van der Waals surface area contributed by atoms with Crippen LogP contribution in [0.25, 0.3) is 0 Å². The molecule has 1 N–H and O–H groups in total. The van der Waals surface area contributed by atoms with Crippen LogP contribution in [0.2, 0.25) is 0 Å². The average molecular weight is 152 g/mol. The van der Waals surface area contributed by atoms with Gasteiger partial charge in [0.15, 0.2) is 0 Å². The maximum atomic E-state index is 9.03. The first kappa shape index (κ1) is 10.7. The Kier molecular flexibility index (Phi) is 6.70. The van der Waals surface area contributed by atoms with E-state index < -0.39 is 6.72 Å². The number of hydrogen-bond acceptors (Lipinski definition) is 3. The molecule has 0 amide bonds. The van der Waals surface area contributed by atoms with Gasteiger partial charge in [-0.05, 0) is 0 Å². The molecule has 0 aromatic rings. The van der Waals surface area contributed by atoms with Gasteiger partial charge in [-0.3, -0.25) is 0 Å². The monoisotopic (exact) mass is 152 g/mol. The van der Waals surface area contributed by atoms with E-state index >= 15 is 0 Å². The Balaban J connectivity index is 0.